The molecule has 2 nitrogen and oxygen atoms in total. The lowest BCUT2D eigenvalue weighted by molar-refractivity contribution is 0.0952. The molecule has 1 aromatic rings. The molecule has 0 aliphatic heterocycles. The molecule has 0 saturated carbocycles. The normalized spacial score (nSPS) is 10.2. The van der Waals surface area contributed by atoms with E-state index in [0.717, 1.165) is 24.1 Å². The first kappa shape index (κ1) is 12.8. The van der Waals surface area contributed by atoms with Gasteiger partial charge in [0.2, 0.25) is 0 Å². The van der Waals surface area contributed by atoms with Crippen molar-refractivity contribution in [1.29, 1.82) is 0 Å². The van der Waals surface area contributed by atoms with Crippen LogP contribution in [0.15, 0.2) is 18.2 Å². The molecule has 88 valence electrons. The van der Waals surface area contributed by atoms with Gasteiger partial charge < -0.3 is 5.32 Å². The minimum Gasteiger partial charge on any atom is -0.352 e. The second-order valence-electron chi connectivity index (χ2n) is 4.21. The smallest absolute Gasteiger partial charge is 0.251 e. The van der Waals surface area contributed by atoms with Crippen molar-refractivity contribution in [2.24, 2.45) is 0 Å². The van der Waals surface area contributed by atoms with Gasteiger partial charge in [0, 0.05) is 12.1 Å². The predicted octanol–water partition coefficient (Wildman–Crippen LogP) is 3.22. The second-order valence-corrected chi connectivity index (χ2v) is 4.21. The van der Waals surface area contributed by atoms with Gasteiger partial charge >= 0.3 is 0 Å². The first-order chi connectivity index (χ1) is 7.66. The fourth-order valence-electron chi connectivity index (χ4n) is 1.67. The Morgan fingerprint density at radius 2 is 2.00 bits per heavy atom. The summed E-state index contributed by atoms with van der Waals surface area (Å²) >= 11 is 0. The van der Waals surface area contributed by atoms with Crippen LogP contribution >= 0.6 is 0 Å². The van der Waals surface area contributed by atoms with Crippen LogP contribution in [-0.4, -0.2) is 12.5 Å². The first-order valence-electron chi connectivity index (χ1n) is 6.01. The lowest BCUT2D eigenvalue weighted by Gasteiger charge is -2.09. The topological polar surface area (TPSA) is 29.1 Å². The molecule has 0 aliphatic rings. The molecular weight excluding hydrogens is 198 g/mol. The number of rotatable bonds is 5. The largest absolute Gasteiger partial charge is 0.352 e. The maximum absolute atomic E-state index is 11.9. The standard InChI is InChI=1S/C14H21NO/c1-4-5-6-10-15-14(16)13-9-7-8-11(2)12(13)3/h7-9H,4-6,10H2,1-3H3,(H,15,16). The Kier molecular flexibility index (Phi) is 5.03. The van der Waals surface area contributed by atoms with E-state index in [0.29, 0.717) is 0 Å². The molecule has 16 heavy (non-hydrogen) atoms. The van der Waals surface area contributed by atoms with E-state index < -0.39 is 0 Å². The molecule has 0 fully saturated rings. The highest BCUT2D eigenvalue weighted by Gasteiger charge is 2.08. The van der Waals surface area contributed by atoms with Crippen molar-refractivity contribution in [3.05, 3.63) is 34.9 Å². The zero-order chi connectivity index (χ0) is 12.0. The summed E-state index contributed by atoms with van der Waals surface area (Å²) in [6.07, 6.45) is 3.42. The Morgan fingerprint density at radius 1 is 1.25 bits per heavy atom. The van der Waals surface area contributed by atoms with Gasteiger partial charge in [-0.05, 0) is 37.5 Å². The average molecular weight is 219 g/mol. The molecular formula is C14H21NO. The molecule has 0 aromatic heterocycles. The van der Waals surface area contributed by atoms with Crippen LogP contribution in [0.3, 0.4) is 0 Å². The van der Waals surface area contributed by atoms with Crippen molar-refractivity contribution < 1.29 is 4.79 Å². The molecule has 0 heterocycles. The number of carbonyl (C=O) groups is 1. The molecule has 1 N–H and O–H groups in total. The number of aryl methyl sites for hydroxylation is 1. The maximum atomic E-state index is 11.9. The maximum Gasteiger partial charge on any atom is 0.251 e. The SMILES string of the molecule is CCCCCNC(=O)c1cccc(C)c1C. The minimum atomic E-state index is 0.0531. The summed E-state index contributed by atoms with van der Waals surface area (Å²) in [5, 5.41) is 2.96. The molecule has 1 rings (SSSR count). The van der Waals surface area contributed by atoms with Gasteiger partial charge in [0.25, 0.3) is 5.91 Å². The van der Waals surface area contributed by atoms with Crippen molar-refractivity contribution in [3.63, 3.8) is 0 Å². The van der Waals surface area contributed by atoms with Crippen LogP contribution in [-0.2, 0) is 0 Å². The summed E-state index contributed by atoms with van der Waals surface area (Å²) in [6, 6.07) is 5.85. The second kappa shape index (κ2) is 6.31. The third-order valence-corrected chi connectivity index (χ3v) is 2.92. The van der Waals surface area contributed by atoms with Crippen molar-refractivity contribution in [2.75, 3.05) is 6.54 Å². The highest BCUT2D eigenvalue weighted by molar-refractivity contribution is 5.95. The Morgan fingerprint density at radius 3 is 2.69 bits per heavy atom. The number of nitrogens with one attached hydrogen (secondary N) is 1. The van der Waals surface area contributed by atoms with E-state index in [1.165, 1.54) is 18.4 Å². The third-order valence-electron chi connectivity index (χ3n) is 2.92. The van der Waals surface area contributed by atoms with E-state index >= 15 is 0 Å². The monoisotopic (exact) mass is 219 g/mol. The molecule has 0 spiro atoms. The van der Waals surface area contributed by atoms with E-state index in [1.54, 1.807) is 0 Å². The fourth-order valence-corrected chi connectivity index (χ4v) is 1.67. The van der Waals surface area contributed by atoms with Gasteiger partial charge in [-0.25, -0.2) is 0 Å². The number of unbranched alkanes of at least 4 members (excludes halogenated alkanes) is 2. The predicted molar refractivity (Wildman–Crippen MR) is 67.8 cm³/mol. The fraction of sp³-hybridized carbons (Fsp3) is 0.500. The number of benzene rings is 1. The lowest BCUT2D eigenvalue weighted by atomic mass is 10.0. The first-order valence-corrected chi connectivity index (χ1v) is 6.01. The summed E-state index contributed by atoms with van der Waals surface area (Å²) in [7, 11) is 0. The van der Waals surface area contributed by atoms with Gasteiger partial charge in [-0.2, -0.15) is 0 Å². The van der Waals surface area contributed by atoms with Gasteiger partial charge in [0.1, 0.15) is 0 Å². The lowest BCUT2D eigenvalue weighted by Crippen LogP contribution is -2.25. The molecule has 0 bridgehead atoms. The summed E-state index contributed by atoms with van der Waals surface area (Å²) in [5.74, 6) is 0.0531. The zero-order valence-electron chi connectivity index (χ0n) is 10.5. The van der Waals surface area contributed by atoms with Crippen LogP contribution in [0.25, 0.3) is 0 Å². The Hall–Kier alpha value is -1.31. The van der Waals surface area contributed by atoms with Gasteiger partial charge in [-0.3, -0.25) is 4.79 Å². The summed E-state index contributed by atoms with van der Waals surface area (Å²) < 4.78 is 0. The van der Waals surface area contributed by atoms with Crippen LogP contribution in [0.2, 0.25) is 0 Å². The van der Waals surface area contributed by atoms with Gasteiger partial charge in [0.05, 0.1) is 0 Å². The summed E-state index contributed by atoms with van der Waals surface area (Å²) in [4.78, 5) is 11.9. The summed E-state index contributed by atoms with van der Waals surface area (Å²) in [5.41, 5.74) is 3.05. The molecule has 0 saturated heterocycles. The van der Waals surface area contributed by atoms with Crippen molar-refractivity contribution in [3.8, 4) is 0 Å². The van der Waals surface area contributed by atoms with Crippen LogP contribution in [0.5, 0.6) is 0 Å². The highest BCUT2D eigenvalue weighted by Crippen LogP contribution is 2.12. The Labute approximate surface area is 98.1 Å². The third kappa shape index (κ3) is 3.37. The van der Waals surface area contributed by atoms with Crippen molar-refractivity contribution in [2.45, 2.75) is 40.0 Å². The Bertz CT molecular complexity index is 358. The van der Waals surface area contributed by atoms with Gasteiger partial charge in [0.15, 0.2) is 0 Å². The number of hydrogen-bond acceptors (Lipinski definition) is 1. The molecule has 0 aliphatic carbocycles. The van der Waals surface area contributed by atoms with Crippen molar-refractivity contribution in [1.82, 2.24) is 5.32 Å². The molecule has 1 amide bonds. The molecule has 0 atom stereocenters. The minimum absolute atomic E-state index is 0.0531. The Balaban J connectivity index is 2.56. The van der Waals surface area contributed by atoms with E-state index in [-0.39, 0.29) is 5.91 Å². The van der Waals surface area contributed by atoms with Crippen molar-refractivity contribution >= 4 is 5.91 Å². The molecule has 0 unspecified atom stereocenters. The number of hydrogen-bond donors (Lipinski definition) is 1. The van der Waals surface area contributed by atoms with E-state index in [4.69, 9.17) is 0 Å². The number of amides is 1. The van der Waals surface area contributed by atoms with Crippen LogP contribution in [0, 0.1) is 13.8 Å². The zero-order valence-corrected chi connectivity index (χ0v) is 10.5. The highest BCUT2D eigenvalue weighted by atomic mass is 16.1. The average Bonchev–Trinajstić information content (AvgIpc) is 2.28. The van der Waals surface area contributed by atoms with E-state index in [1.807, 2.05) is 32.0 Å². The van der Waals surface area contributed by atoms with E-state index in [2.05, 4.69) is 12.2 Å². The van der Waals surface area contributed by atoms with Crippen LogP contribution in [0.1, 0.15) is 47.7 Å². The van der Waals surface area contributed by atoms with Gasteiger partial charge in [-0.15, -0.1) is 0 Å². The van der Waals surface area contributed by atoms with E-state index in [9.17, 15) is 4.79 Å². The number of carbonyl (C=O) groups excluding carboxylic acids is 1. The van der Waals surface area contributed by atoms with Gasteiger partial charge in [-0.1, -0.05) is 31.9 Å². The molecule has 0 radical (unpaired) electrons. The van der Waals surface area contributed by atoms with Crippen LogP contribution < -0.4 is 5.32 Å². The quantitative estimate of drug-likeness (QED) is 0.757. The molecule has 2 heteroatoms. The molecule has 1 aromatic carbocycles. The van der Waals surface area contributed by atoms with Crippen LogP contribution in [0.4, 0.5) is 0 Å². The summed E-state index contributed by atoms with van der Waals surface area (Å²) in [6.45, 7) is 6.96.